The molecule has 0 atom stereocenters. The van der Waals surface area contributed by atoms with Crippen LogP contribution in [0, 0.1) is 0 Å². The van der Waals surface area contributed by atoms with E-state index in [9.17, 15) is 18.4 Å². The number of likely N-dealkylation sites (N-methyl/N-ethyl adjacent to an activating group) is 1. The lowest BCUT2D eigenvalue weighted by Gasteiger charge is -2.07. The summed E-state index contributed by atoms with van der Waals surface area (Å²) in [6.07, 6.45) is 0. The van der Waals surface area contributed by atoms with Gasteiger partial charge in [0.2, 0.25) is 11.8 Å². The Morgan fingerprint density at radius 1 is 1.26 bits per heavy atom. The van der Waals surface area contributed by atoms with E-state index in [-0.39, 0.29) is 23.4 Å². The fraction of sp³-hybridized carbons (Fsp3) is 0.357. The van der Waals surface area contributed by atoms with E-state index >= 15 is 0 Å². The van der Waals surface area contributed by atoms with Crippen LogP contribution >= 0.6 is 11.8 Å². The molecule has 0 fully saturated rings. The summed E-state index contributed by atoms with van der Waals surface area (Å²) in [6, 6.07) is 6.54. The molecule has 9 heteroatoms. The molecule has 6 nitrogen and oxygen atoms in total. The first-order chi connectivity index (χ1) is 11.0. The van der Waals surface area contributed by atoms with Gasteiger partial charge in [0.15, 0.2) is 5.16 Å². The number of alkyl halides is 2. The molecule has 1 aromatic carbocycles. The first kappa shape index (κ1) is 17.2. The zero-order chi connectivity index (χ0) is 16.8. The van der Waals surface area contributed by atoms with Gasteiger partial charge in [-0.05, 0) is 19.1 Å². The van der Waals surface area contributed by atoms with Crippen molar-refractivity contribution in [3.05, 3.63) is 24.3 Å². The first-order valence-corrected chi connectivity index (χ1v) is 7.92. The number of rotatable bonds is 7. The monoisotopic (exact) mass is 342 g/mol. The smallest absolute Gasteiger partial charge is 0.321 e. The summed E-state index contributed by atoms with van der Waals surface area (Å²) in [5.41, 5.74) is 0.755. The summed E-state index contributed by atoms with van der Waals surface area (Å²) < 4.78 is 27.2. The molecule has 0 aliphatic heterocycles. The molecule has 0 saturated carbocycles. The van der Waals surface area contributed by atoms with Crippen molar-refractivity contribution in [2.24, 2.45) is 0 Å². The second-order valence-corrected chi connectivity index (χ2v) is 5.49. The van der Waals surface area contributed by atoms with E-state index in [2.05, 4.69) is 15.6 Å². The van der Waals surface area contributed by atoms with Crippen molar-refractivity contribution in [3.8, 4) is 0 Å². The molecule has 0 aliphatic carbocycles. The number of fused-ring (bicyclic) bond motifs is 1. The number of nitrogens with zero attached hydrogens (tertiary/aromatic N) is 2. The number of nitrogens with one attached hydrogen (secondary N) is 2. The zero-order valence-electron chi connectivity index (χ0n) is 12.4. The van der Waals surface area contributed by atoms with Crippen molar-refractivity contribution in [2.75, 3.05) is 18.8 Å². The van der Waals surface area contributed by atoms with Gasteiger partial charge in [0, 0.05) is 6.54 Å². The lowest BCUT2D eigenvalue weighted by Crippen LogP contribution is -2.37. The van der Waals surface area contributed by atoms with Crippen LogP contribution in [0.25, 0.3) is 11.0 Å². The number of thioether (sulfide) groups is 1. The van der Waals surface area contributed by atoms with E-state index in [0.29, 0.717) is 17.6 Å². The summed E-state index contributed by atoms with van der Waals surface area (Å²) in [5.74, 6) is -0.824. The molecular formula is C14H16F2N4O2S. The Bertz CT molecular complexity index is 705. The van der Waals surface area contributed by atoms with E-state index in [1.54, 1.807) is 31.2 Å². The van der Waals surface area contributed by atoms with E-state index in [1.165, 1.54) is 0 Å². The number of amides is 2. The van der Waals surface area contributed by atoms with E-state index in [4.69, 9.17) is 0 Å². The van der Waals surface area contributed by atoms with E-state index in [0.717, 1.165) is 16.3 Å². The fourth-order valence-corrected chi connectivity index (χ4v) is 2.77. The average Bonchev–Trinajstić information content (AvgIpc) is 2.89. The number of carbonyl (C=O) groups excluding carboxylic acids is 2. The van der Waals surface area contributed by atoms with Crippen LogP contribution in [-0.4, -0.2) is 40.2 Å². The number of para-hydroxylation sites is 2. The van der Waals surface area contributed by atoms with Crippen LogP contribution in [0.5, 0.6) is 0 Å². The Balaban J connectivity index is 2.00. The number of halogens is 2. The maximum Gasteiger partial charge on any atom is 0.321 e. The number of carbonyl (C=O) groups is 2. The fourth-order valence-electron chi connectivity index (χ4n) is 1.93. The molecule has 2 rings (SSSR count). The Morgan fingerprint density at radius 2 is 2.00 bits per heavy atom. The number of hydrogen-bond donors (Lipinski definition) is 2. The highest BCUT2D eigenvalue weighted by Gasteiger charge is 2.18. The molecule has 2 aromatic rings. The van der Waals surface area contributed by atoms with Gasteiger partial charge in [-0.2, -0.15) is 8.78 Å². The molecule has 0 radical (unpaired) electrons. The Kier molecular flexibility index (Phi) is 5.91. The topological polar surface area (TPSA) is 76.0 Å². The summed E-state index contributed by atoms with van der Waals surface area (Å²) in [4.78, 5) is 27.0. The molecule has 0 unspecified atom stereocenters. The Morgan fingerprint density at radius 3 is 2.70 bits per heavy atom. The van der Waals surface area contributed by atoms with Gasteiger partial charge in [-0.15, -0.1) is 0 Å². The standard InChI is InChI=1S/C14H16F2N4O2S/c1-2-17-11(21)7-18-12(22)8-23-14-19-9-5-3-4-6-10(9)20(14)13(15)16/h3-6,13H,2,7-8H2,1H3,(H,17,21)(H,18,22). The largest absolute Gasteiger partial charge is 0.355 e. The third kappa shape index (κ3) is 4.41. The molecule has 0 spiro atoms. The summed E-state index contributed by atoms with van der Waals surface area (Å²) in [5, 5.41) is 5.03. The minimum Gasteiger partial charge on any atom is -0.355 e. The van der Waals surface area contributed by atoms with Crippen LogP contribution in [0.2, 0.25) is 0 Å². The maximum absolute atomic E-state index is 13.2. The van der Waals surface area contributed by atoms with E-state index in [1.807, 2.05) is 0 Å². The van der Waals surface area contributed by atoms with Gasteiger partial charge < -0.3 is 10.6 Å². The molecule has 1 heterocycles. The van der Waals surface area contributed by atoms with Crippen LogP contribution in [0.15, 0.2) is 29.4 Å². The van der Waals surface area contributed by atoms with Crippen LogP contribution in [0.3, 0.4) is 0 Å². The molecule has 0 bridgehead atoms. The predicted molar refractivity (Wildman–Crippen MR) is 83.4 cm³/mol. The Hall–Kier alpha value is -2.16. The van der Waals surface area contributed by atoms with Crippen molar-refractivity contribution in [2.45, 2.75) is 18.6 Å². The lowest BCUT2D eigenvalue weighted by molar-refractivity contribution is -0.124. The highest BCUT2D eigenvalue weighted by molar-refractivity contribution is 7.99. The average molecular weight is 342 g/mol. The quantitative estimate of drug-likeness (QED) is 0.752. The minimum atomic E-state index is -2.75. The SMILES string of the molecule is CCNC(=O)CNC(=O)CSc1nc2ccccc2n1C(F)F. The molecule has 1 aromatic heterocycles. The summed E-state index contributed by atoms with van der Waals surface area (Å²) in [6.45, 7) is -0.645. The second-order valence-electron chi connectivity index (χ2n) is 4.55. The third-order valence-corrected chi connectivity index (χ3v) is 3.86. The first-order valence-electron chi connectivity index (χ1n) is 6.94. The molecule has 0 aliphatic rings. The Labute approximate surface area is 135 Å². The highest BCUT2D eigenvalue weighted by atomic mass is 32.2. The maximum atomic E-state index is 13.2. The molecule has 0 saturated heterocycles. The second kappa shape index (κ2) is 7.91. The van der Waals surface area contributed by atoms with Gasteiger partial charge >= 0.3 is 6.55 Å². The molecular weight excluding hydrogens is 326 g/mol. The minimum absolute atomic E-state index is 0.0642. The molecule has 2 amide bonds. The lowest BCUT2D eigenvalue weighted by atomic mass is 10.3. The van der Waals surface area contributed by atoms with Crippen molar-refractivity contribution in [1.82, 2.24) is 20.2 Å². The number of hydrogen-bond acceptors (Lipinski definition) is 4. The van der Waals surface area contributed by atoms with Gasteiger partial charge in [-0.25, -0.2) is 4.98 Å². The summed E-state index contributed by atoms with van der Waals surface area (Å²) >= 11 is 0.902. The van der Waals surface area contributed by atoms with Gasteiger partial charge in [-0.3, -0.25) is 14.2 Å². The van der Waals surface area contributed by atoms with Crippen LogP contribution in [-0.2, 0) is 9.59 Å². The van der Waals surface area contributed by atoms with Gasteiger partial charge in [0.25, 0.3) is 0 Å². The van der Waals surface area contributed by atoms with Crippen molar-refractivity contribution in [1.29, 1.82) is 0 Å². The molecule has 124 valence electrons. The van der Waals surface area contributed by atoms with Gasteiger partial charge in [0.1, 0.15) is 0 Å². The predicted octanol–water partition coefficient (Wildman–Crippen LogP) is 1.78. The van der Waals surface area contributed by atoms with Crippen molar-refractivity contribution in [3.63, 3.8) is 0 Å². The number of imidazole rings is 1. The highest BCUT2D eigenvalue weighted by Crippen LogP contribution is 2.28. The zero-order valence-corrected chi connectivity index (χ0v) is 13.2. The number of benzene rings is 1. The van der Waals surface area contributed by atoms with Crippen molar-refractivity contribution >= 4 is 34.6 Å². The normalized spacial score (nSPS) is 11.0. The van der Waals surface area contributed by atoms with Crippen LogP contribution in [0.1, 0.15) is 13.5 Å². The van der Waals surface area contributed by atoms with Crippen LogP contribution in [0.4, 0.5) is 8.78 Å². The van der Waals surface area contributed by atoms with Gasteiger partial charge in [-0.1, -0.05) is 23.9 Å². The molecule has 23 heavy (non-hydrogen) atoms. The third-order valence-electron chi connectivity index (χ3n) is 2.91. The number of aromatic nitrogens is 2. The summed E-state index contributed by atoms with van der Waals surface area (Å²) in [7, 11) is 0. The van der Waals surface area contributed by atoms with Crippen molar-refractivity contribution < 1.29 is 18.4 Å². The van der Waals surface area contributed by atoms with E-state index < -0.39 is 12.5 Å². The van der Waals surface area contributed by atoms with Gasteiger partial charge in [0.05, 0.1) is 23.3 Å². The van der Waals surface area contributed by atoms with Crippen LogP contribution < -0.4 is 10.6 Å². The molecule has 2 N–H and O–H groups in total.